The Bertz CT molecular complexity index is 721. The Morgan fingerprint density at radius 3 is 2.95 bits per heavy atom. The van der Waals surface area contributed by atoms with Crippen molar-refractivity contribution in [3.05, 3.63) is 59.4 Å². The molecule has 4 heteroatoms. The highest BCUT2D eigenvalue weighted by Crippen LogP contribution is 2.26. The second kappa shape index (κ2) is 4.97. The number of thiazole rings is 1. The first-order chi connectivity index (χ1) is 9.20. The minimum atomic E-state index is -0.209. The number of halogens is 1. The van der Waals surface area contributed by atoms with Gasteiger partial charge in [-0.05, 0) is 42.3 Å². The van der Waals surface area contributed by atoms with Crippen molar-refractivity contribution in [2.45, 2.75) is 13.5 Å². The van der Waals surface area contributed by atoms with Crippen molar-refractivity contribution < 1.29 is 4.39 Å². The van der Waals surface area contributed by atoms with Gasteiger partial charge in [-0.2, -0.15) is 0 Å². The normalized spacial score (nSPS) is 10.8. The first-order valence-corrected chi connectivity index (χ1v) is 6.88. The van der Waals surface area contributed by atoms with Gasteiger partial charge in [0.25, 0.3) is 0 Å². The largest absolute Gasteiger partial charge is 0.357 e. The number of anilines is 1. The van der Waals surface area contributed by atoms with E-state index in [2.05, 4.69) is 35.4 Å². The molecule has 96 valence electrons. The lowest BCUT2D eigenvalue weighted by Crippen LogP contribution is -1.98. The standard InChI is InChI=1S/C15H13FN2S/c1-10-5-6-14-13(7-10)18-15(19-14)17-9-11-3-2-4-12(16)8-11/h2-8H,9H2,1H3,(H,17,18). The summed E-state index contributed by atoms with van der Waals surface area (Å²) in [7, 11) is 0. The van der Waals surface area contributed by atoms with E-state index in [-0.39, 0.29) is 5.82 Å². The molecule has 1 N–H and O–H groups in total. The second-order valence-corrected chi connectivity index (χ2v) is 5.50. The van der Waals surface area contributed by atoms with Crippen molar-refractivity contribution in [3.8, 4) is 0 Å². The van der Waals surface area contributed by atoms with Crippen LogP contribution in [0.4, 0.5) is 9.52 Å². The molecule has 19 heavy (non-hydrogen) atoms. The highest BCUT2D eigenvalue weighted by Gasteiger charge is 2.03. The van der Waals surface area contributed by atoms with Crippen LogP contribution in [0, 0.1) is 12.7 Å². The maximum atomic E-state index is 13.1. The molecule has 0 saturated heterocycles. The molecule has 1 aromatic heterocycles. The monoisotopic (exact) mass is 272 g/mol. The van der Waals surface area contributed by atoms with Crippen LogP contribution in [-0.2, 0) is 6.54 Å². The Hall–Kier alpha value is -1.94. The highest BCUT2D eigenvalue weighted by atomic mass is 32.1. The number of nitrogens with one attached hydrogen (secondary N) is 1. The molecule has 0 aliphatic carbocycles. The van der Waals surface area contributed by atoms with Gasteiger partial charge in [0.05, 0.1) is 10.2 Å². The van der Waals surface area contributed by atoms with Crippen LogP contribution in [0.1, 0.15) is 11.1 Å². The van der Waals surface area contributed by atoms with Gasteiger partial charge in [-0.3, -0.25) is 0 Å². The fourth-order valence-electron chi connectivity index (χ4n) is 1.94. The maximum Gasteiger partial charge on any atom is 0.184 e. The van der Waals surface area contributed by atoms with E-state index in [4.69, 9.17) is 0 Å². The summed E-state index contributed by atoms with van der Waals surface area (Å²) in [5.74, 6) is -0.209. The number of nitrogens with zero attached hydrogens (tertiary/aromatic N) is 1. The molecule has 0 atom stereocenters. The van der Waals surface area contributed by atoms with Crippen molar-refractivity contribution >= 4 is 26.7 Å². The summed E-state index contributed by atoms with van der Waals surface area (Å²) in [6, 6.07) is 12.8. The van der Waals surface area contributed by atoms with Crippen molar-refractivity contribution in [2.75, 3.05) is 5.32 Å². The Labute approximate surface area is 114 Å². The molecule has 0 aliphatic rings. The van der Waals surface area contributed by atoms with Crippen molar-refractivity contribution in [3.63, 3.8) is 0 Å². The van der Waals surface area contributed by atoms with Gasteiger partial charge < -0.3 is 5.32 Å². The van der Waals surface area contributed by atoms with Gasteiger partial charge in [0.15, 0.2) is 5.13 Å². The number of benzene rings is 2. The summed E-state index contributed by atoms with van der Waals surface area (Å²) in [5, 5.41) is 4.10. The number of hydrogen-bond acceptors (Lipinski definition) is 3. The van der Waals surface area contributed by atoms with Crippen molar-refractivity contribution in [1.29, 1.82) is 0 Å². The molecule has 0 saturated carbocycles. The fourth-order valence-corrected chi connectivity index (χ4v) is 2.78. The van der Waals surface area contributed by atoms with E-state index in [0.717, 1.165) is 20.9 Å². The zero-order valence-corrected chi connectivity index (χ0v) is 11.3. The Balaban J connectivity index is 1.78. The van der Waals surface area contributed by atoms with Gasteiger partial charge in [0.1, 0.15) is 5.82 Å². The highest BCUT2D eigenvalue weighted by molar-refractivity contribution is 7.22. The van der Waals surface area contributed by atoms with E-state index in [1.54, 1.807) is 17.4 Å². The summed E-state index contributed by atoms with van der Waals surface area (Å²) in [5.41, 5.74) is 3.12. The van der Waals surface area contributed by atoms with Crippen LogP contribution in [0.3, 0.4) is 0 Å². The second-order valence-electron chi connectivity index (χ2n) is 4.47. The summed E-state index contributed by atoms with van der Waals surface area (Å²) in [6.45, 7) is 2.63. The Kier molecular flexibility index (Phi) is 3.17. The summed E-state index contributed by atoms with van der Waals surface area (Å²) in [4.78, 5) is 4.52. The first kappa shape index (κ1) is 12.1. The van der Waals surface area contributed by atoms with E-state index in [1.807, 2.05) is 6.07 Å². The predicted molar refractivity (Wildman–Crippen MR) is 78.1 cm³/mol. The van der Waals surface area contributed by atoms with Gasteiger partial charge in [0, 0.05) is 6.54 Å². The molecule has 0 fully saturated rings. The minimum absolute atomic E-state index is 0.209. The third-order valence-corrected chi connectivity index (χ3v) is 3.87. The zero-order chi connectivity index (χ0) is 13.2. The zero-order valence-electron chi connectivity index (χ0n) is 10.5. The molecule has 2 aromatic carbocycles. The lowest BCUT2D eigenvalue weighted by molar-refractivity contribution is 0.626. The van der Waals surface area contributed by atoms with Crippen molar-refractivity contribution in [1.82, 2.24) is 4.98 Å². The summed E-state index contributed by atoms with van der Waals surface area (Å²) in [6.07, 6.45) is 0. The van der Waals surface area contributed by atoms with Gasteiger partial charge in [-0.25, -0.2) is 9.37 Å². The first-order valence-electron chi connectivity index (χ1n) is 6.06. The van der Waals surface area contributed by atoms with Crippen LogP contribution in [0.5, 0.6) is 0 Å². The molecule has 2 nitrogen and oxygen atoms in total. The van der Waals surface area contributed by atoms with Gasteiger partial charge in [0.2, 0.25) is 0 Å². The number of fused-ring (bicyclic) bond motifs is 1. The number of hydrogen-bond donors (Lipinski definition) is 1. The number of aryl methyl sites for hydroxylation is 1. The van der Waals surface area contributed by atoms with Gasteiger partial charge in [-0.1, -0.05) is 29.5 Å². The molecular weight excluding hydrogens is 259 g/mol. The molecule has 3 rings (SSSR count). The van der Waals surface area contributed by atoms with E-state index < -0.39 is 0 Å². The van der Waals surface area contributed by atoms with Gasteiger partial charge >= 0.3 is 0 Å². The number of aromatic nitrogens is 1. The predicted octanol–water partition coefficient (Wildman–Crippen LogP) is 4.36. The van der Waals surface area contributed by atoms with Crippen molar-refractivity contribution in [2.24, 2.45) is 0 Å². The third kappa shape index (κ3) is 2.74. The van der Waals surface area contributed by atoms with Crippen LogP contribution in [-0.4, -0.2) is 4.98 Å². The maximum absolute atomic E-state index is 13.1. The molecule has 0 amide bonds. The molecule has 0 bridgehead atoms. The molecule has 0 unspecified atom stereocenters. The molecule has 0 aliphatic heterocycles. The summed E-state index contributed by atoms with van der Waals surface area (Å²) >= 11 is 1.61. The smallest absolute Gasteiger partial charge is 0.184 e. The Morgan fingerprint density at radius 2 is 2.11 bits per heavy atom. The average Bonchev–Trinajstić information content (AvgIpc) is 2.78. The molecular formula is C15H13FN2S. The van der Waals surface area contributed by atoms with E-state index >= 15 is 0 Å². The van der Waals surface area contributed by atoms with E-state index in [9.17, 15) is 4.39 Å². The van der Waals surface area contributed by atoms with E-state index in [1.165, 1.54) is 17.7 Å². The number of rotatable bonds is 3. The third-order valence-electron chi connectivity index (χ3n) is 2.88. The molecule has 1 heterocycles. The lowest BCUT2D eigenvalue weighted by Gasteiger charge is -2.02. The molecule has 0 radical (unpaired) electrons. The van der Waals surface area contributed by atoms with Crippen LogP contribution < -0.4 is 5.32 Å². The van der Waals surface area contributed by atoms with Crippen LogP contribution in [0.15, 0.2) is 42.5 Å². The minimum Gasteiger partial charge on any atom is -0.357 e. The quantitative estimate of drug-likeness (QED) is 0.766. The van der Waals surface area contributed by atoms with Crippen LogP contribution in [0.25, 0.3) is 10.2 Å². The fraction of sp³-hybridized carbons (Fsp3) is 0.133. The SMILES string of the molecule is Cc1ccc2sc(NCc3cccc(F)c3)nc2c1. The summed E-state index contributed by atoms with van der Waals surface area (Å²) < 4.78 is 14.2. The average molecular weight is 272 g/mol. The molecule has 0 spiro atoms. The Morgan fingerprint density at radius 1 is 1.21 bits per heavy atom. The van der Waals surface area contributed by atoms with E-state index in [0.29, 0.717) is 6.54 Å². The molecule has 3 aromatic rings. The lowest BCUT2D eigenvalue weighted by atomic mass is 10.2. The topological polar surface area (TPSA) is 24.9 Å². The van der Waals surface area contributed by atoms with Gasteiger partial charge in [-0.15, -0.1) is 0 Å². The van der Waals surface area contributed by atoms with Crippen LogP contribution in [0.2, 0.25) is 0 Å². The van der Waals surface area contributed by atoms with Crippen LogP contribution >= 0.6 is 11.3 Å².